The molecule has 2 rings (SSSR count). The van der Waals surface area contributed by atoms with E-state index in [-0.39, 0.29) is 30.7 Å². The van der Waals surface area contributed by atoms with Gasteiger partial charge in [0.05, 0.1) is 18.0 Å². The molecule has 1 amide bonds. The normalized spacial score (nSPS) is 11.8. The van der Waals surface area contributed by atoms with Gasteiger partial charge < -0.3 is 15.8 Å². The van der Waals surface area contributed by atoms with E-state index in [1.807, 2.05) is 12.1 Å². The fraction of sp³-hybridized carbons (Fsp3) is 0.312. The molecule has 23 heavy (non-hydrogen) atoms. The summed E-state index contributed by atoms with van der Waals surface area (Å²) in [5.41, 5.74) is 6.97. The number of carbonyl (C=O) groups excluding carboxylic acids is 2. The second-order valence-corrected chi connectivity index (χ2v) is 5.01. The molecule has 0 saturated heterocycles. The van der Waals surface area contributed by atoms with Crippen LogP contribution in [0.5, 0.6) is 0 Å². The molecule has 1 unspecified atom stereocenters. The van der Waals surface area contributed by atoms with Crippen molar-refractivity contribution >= 4 is 17.6 Å². The number of ether oxygens (including phenoxy) is 1. The van der Waals surface area contributed by atoms with E-state index in [9.17, 15) is 9.59 Å². The van der Waals surface area contributed by atoms with Crippen LogP contribution in [0.2, 0.25) is 0 Å². The van der Waals surface area contributed by atoms with E-state index >= 15 is 0 Å². The van der Waals surface area contributed by atoms with Gasteiger partial charge in [-0.15, -0.1) is 0 Å². The lowest BCUT2D eigenvalue weighted by Gasteiger charge is -2.13. The van der Waals surface area contributed by atoms with E-state index in [4.69, 9.17) is 10.5 Å². The third-order valence-corrected chi connectivity index (χ3v) is 3.28. The van der Waals surface area contributed by atoms with Gasteiger partial charge in [0.15, 0.2) is 5.69 Å². The van der Waals surface area contributed by atoms with Gasteiger partial charge in [-0.1, -0.05) is 19.1 Å². The van der Waals surface area contributed by atoms with Gasteiger partial charge in [-0.3, -0.25) is 4.79 Å². The maximum absolute atomic E-state index is 12.0. The second-order valence-electron chi connectivity index (χ2n) is 5.01. The van der Waals surface area contributed by atoms with E-state index in [0.29, 0.717) is 11.4 Å². The number of amides is 1. The smallest absolute Gasteiger partial charge is 0.358 e. The number of hydrogen-bond donors (Lipinski definition) is 2. The average molecular weight is 316 g/mol. The predicted octanol–water partition coefficient (Wildman–Crippen LogP) is 1.58. The van der Waals surface area contributed by atoms with Crippen molar-refractivity contribution < 1.29 is 14.3 Å². The first kappa shape index (κ1) is 16.7. The van der Waals surface area contributed by atoms with Crippen LogP contribution in [0.3, 0.4) is 0 Å². The number of nitrogens with two attached hydrogens (primary N) is 1. The molecule has 0 bridgehead atoms. The first-order valence-corrected chi connectivity index (χ1v) is 7.40. The van der Waals surface area contributed by atoms with Gasteiger partial charge in [-0.2, -0.15) is 5.10 Å². The standard InChI is InChI=1S/C16H20N4O3/c1-3-23-16(22)13-8-9-20(19-13)14-7-5-4-6-12(14)18-15(21)11(2)10-17/h4-9,11H,3,10,17H2,1-2H3,(H,18,21). The molecular formula is C16H20N4O3. The fourth-order valence-corrected chi connectivity index (χ4v) is 1.91. The number of esters is 1. The van der Waals surface area contributed by atoms with Gasteiger partial charge in [0.1, 0.15) is 0 Å². The van der Waals surface area contributed by atoms with Gasteiger partial charge in [0.25, 0.3) is 0 Å². The lowest BCUT2D eigenvalue weighted by molar-refractivity contribution is -0.119. The SMILES string of the molecule is CCOC(=O)c1ccn(-c2ccccc2NC(=O)C(C)CN)n1. The zero-order chi connectivity index (χ0) is 16.8. The molecule has 0 aliphatic rings. The second kappa shape index (κ2) is 7.55. The summed E-state index contributed by atoms with van der Waals surface area (Å²) in [6.45, 7) is 4.04. The van der Waals surface area contributed by atoms with Crippen LogP contribution in [0.15, 0.2) is 36.5 Å². The number of carbonyl (C=O) groups is 2. The van der Waals surface area contributed by atoms with E-state index in [1.165, 1.54) is 4.68 Å². The minimum absolute atomic E-state index is 0.169. The summed E-state index contributed by atoms with van der Waals surface area (Å²) < 4.78 is 6.44. The van der Waals surface area contributed by atoms with Gasteiger partial charge in [-0.05, 0) is 25.1 Å². The highest BCUT2D eigenvalue weighted by molar-refractivity contribution is 5.94. The first-order chi connectivity index (χ1) is 11.1. The number of hydrogen-bond acceptors (Lipinski definition) is 5. The van der Waals surface area contributed by atoms with Crippen LogP contribution in [0.1, 0.15) is 24.3 Å². The number of anilines is 1. The number of benzene rings is 1. The van der Waals surface area contributed by atoms with Gasteiger partial charge >= 0.3 is 5.97 Å². The molecule has 0 radical (unpaired) electrons. The summed E-state index contributed by atoms with van der Waals surface area (Å²) >= 11 is 0. The highest BCUT2D eigenvalue weighted by Gasteiger charge is 2.15. The van der Waals surface area contributed by atoms with Crippen molar-refractivity contribution in [2.45, 2.75) is 13.8 Å². The van der Waals surface area contributed by atoms with E-state index in [0.717, 1.165) is 0 Å². The summed E-state index contributed by atoms with van der Waals surface area (Å²) in [6, 6.07) is 8.76. The van der Waals surface area contributed by atoms with E-state index < -0.39 is 5.97 Å². The van der Waals surface area contributed by atoms with Crippen molar-refractivity contribution in [1.82, 2.24) is 9.78 Å². The molecule has 7 nitrogen and oxygen atoms in total. The van der Waals surface area contributed by atoms with Gasteiger partial charge in [0.2, 0.25) is 5.91 Å². The van der Waals surface area contributed by atoms with Crippen molar-refractivity contribution in [3.8, 4) is 5.69 Å². The zero-order valence-electron chi connectivity index (χ0n) is 13.2. The summed E-state index contributed by atoms with van der Waals surface area (Å²) in [6.07, 6.45) is 1.64. The lowest BCUT2D eigenvalue weighted by atomic mass is 10.1. The van der Waals surface area contributed by atoms with Crippen LogP contribution in [0.4, 0.5) is 5.69 Å². The number of nitrogens with zero attached hydrogens (tertiary/aromatic N) is 2. The molecule has 7 heteroatoms. The fourth-order valence-electron chi connectivity index (χ4n) is 1.91. The number of rotatable bonds is 6. The molecule has 0 fully saturated rings. The summed E-state index contributed by atoms with van der Waals surface area (Å²) in [4.78, 5) is 23.7. The quantitative estimate of drug-likeness (QED) is 0.788. The summed E-state index contributed by atoms with van der Waals surface area (Å²) in [5.74, 6) is -0.946. The van der Waals surface area contributed by atoms with Crippen molar-refractivity contribution in [3.05, 3.63) is 42.2 Å². The Kier molecular flexibility index (Phi) is 5.48. The molecule has 0 aliphatic carbocycles. The van der Waals surface area contributed by atoms with Gasteiger partial charge in [0, 0.05) is 18.7 Å². The van der Waals surface area contributed by atoms with Gasteiger partial charge in [-0.25, -0.2) is 9.48 Å². The molecule has 1 atom stereocenters. The van der Waals surface area contributed by atoms with Crippen molar-refractivity contribution in [2.75, 3.05) is 18.5 Å². The Morgan fingerprint density at radius 1 is 1.35 bits per heavy atom. The Labute approximate surface area is 134 Å². The van der Waals surface area contributed by atoms with Crippen LogP contribution >= 0.6 is 0 Å². The number of aromatic nitrogens is 2. The Morgan fingerprint density at radius 2 is 2.09 bits per heavy atom. The molecule has 122 valence electrons. The lowest BCUT2D eigenvalue weighted by Crippen LogP contribution is -2.27. The third-order valence-electron chi connectivity index (χ3n) is 3.28. The first-order valence-electron chi connectivity index (χ1n) is 7.40. The third kappa shape index (κ3) is 3.95. The zero-order valence-corrected chi connectivity index (χ0v) is 13.2. The Hall–Kier alpha value is -2.67. The molecule has 1 heterocycles. The molecular weight excluding hydrogens is 296 g/mol. The maximum Gasteiger partial charge on any atom is 0.358 e. The molecule has 0 spiro atoms. The largest absolute Gasteiger partial charge is 0.461 e. The van der Waals surface area contributed by atoms with Crippen LogP contribution in [-0.4, -0.2) is 34.8 Å². The Balaban J connectivity index is 2.27. The molecule has 1 aromatic carbocycles. The Morgan fingerprint density at radius 3 is 2.78 bits per heavy atom. The molecule has 2 aromatic rings. The predicted molar refractivity (Wildman–Crippen MR) is 86.4 cm³/mol. The number of nitrogens with one attached hydrogen (secondary N) is 1. The van der Waals surface area contributed by atoms with Crippen molar-refractivity contribution in [1.29, 1.82) is 0 Å². The molecule has 1 aromatic heterocycles. The minimum atomic E-state index is -0.482. The van der Waals surface area contributed by atoms with E-state index in [2.05, 4.69) is 10.4 Å². The van der Waals surface area contributed by atoms with Crippen LogP contribution < -0.4 is 11.1 Å². The highest BCUT2D eigenvalue weighted by Crippen LogP contribution is 2.20. The summed E-state index contributed by atoms with van der Waals surface area (Å²) in [7, 11) is 0. The monoisotopic (exact) mass is 316 g/mol. The van der Waals surface area contributed by atoms with Crippen LogP contribution in [0, 0.1) is 5.92 Å². The highest BCUT2D eigenvalue weighted by atomic mass is 16.5. The summed E-state index contributed by atoms with van der Waals surface area (Å²) in [5, 5.41) is 7.03. The molecule has 3 N–H and O–H groups in total. The average Bonchev–Trinajstić information content (AvgIpc) is 3.04. The molecule has 0 aliphatic heterocycles. The molecule has 0 saturated carbocycles. The minimum Gasteiger partial charge on any atom is -0.461 e. The maximum atomic E-state index is 12.0. The van der Waals surface area contributed by atoms with Crippen LogP contribution in [0.25, 0.3) is 5.69 Å². The Bertz CT molecular complexity index is 696. The van der Waals surface area contributed by atoms with Crippen molar-refractivity contribution in [3.63, 3.8) is 0 Å². The number of para-hydroxylation sites is 2. The van der Waals surface area contributed by atoms with Crippen molar-refractivity contribution in [2.24, 2.45) is 11.7 Å². The van der Waals surface area contributed by atoms with Crippen LogP contribution in [-0.2, 0) is 9.53 Å². The van der Waals surface area contributed by atoms with E-state index in [1.54, 1.807) is 38.2 Å². The topological polar surface area (TPSA) is 99.2 Å².